The summed E-state index contributed by atoms with van der Waals surface area (Å²) in [5, 5.41) is 23.2. The number of aliphatic carboxylic acids is 2. The molecule has 0 aliphatic heterocycles. The summed E-state index contributed by atoms with van der Waals surface area (Å²) in [6, 6.07) is 0. The largest absolute Gasteiger partial charge is 1.00 e. The number of carboxylic acids is 2. The fourth-order valence-corrected chi connectivity index (χ4v) is 0.755. The minimum absolute atomic E-state index is 0. The molecule has 0 aliphatic rings. The van der Waals surface area contributed by atoms with Crippen LogP contribution in [-0.2, 0) is 9.59 Å². The smallest absolute Gasteiger partial charge is 0.549 e. The Morgan fingerprint density at radius 3 is 1.93 bits per heavy atom. The van der Waals surface area contributed by atoms with E-state index in [9.17, 15) is 19.8 Å². The molecule has 5 nitrogen and oxygen atoms in total. The van der Waals surface area contributed by atoms with Gasteiger partial charge in [-0.25, -0.2) is 0 Å². The summed E-state index contributed by atoms with van der Waals surface area (Å²) in [6.45, 7) is 2.85. The Balaban J connectivity index is -0.000000605. The molecule has 7 heteroatoms. The predicted molar refractivity (Wildman–Crippen MR) is 36.7 cm³/mol. The van der Waals surface area contributed by atoms with E-state index in [-0.39, 0.29) is 65.5 Å². The van der Waals surface area contributed by atoms with E-state index < -0.39 is 17.9 Å². The van der Waals surface area contributed by atoms with Crippen LogP contribution >= 0.6 is 0 Å². The minimum Gasteiger partial charge on any atom is -0.549 e. The minimum atomic E-state index is -1.59. The second kappa shape index (κ2) is 12.0. The molecule has 0 unspecified atom stereocenters. The summed E-state index contributed by atoms with van der Waals surface area (Å²) in [5.41, 5.74) is 0. The molecule has 0 aromatic rings. The van der Waals surface area contributed by atoms with Crippen LogP contribution < -0.4 is 74.6 Å². The number of carbonyl (C=O) groups is 2. The normalized spacial score (nSPS) is 8.71. The van der Waals surface area contributed by atoms with Crippen LogP contribution in [0.25, 0.3) is 0 Å². The monoisotopic (exact) mass is 219 g/mol. The van der Waals surface area contributed by atoms with E-state index in [0.717, 1.165) is 0 Å². The molecule has 14 heavy (non-hydrogen) atoms. The maximum atomic E-state index is 10.2. The third-order valence-electron chi connectivity index (χ3n) is 1.43. The Kier molecular flexibility index (Phi) is 17.4. The van der Waals surface area contributed by atoms with Gasteiger partial charge in [-0.2, -0.15) is 0 Å². The van der Waals surface area contributed by atoms with E-state index in [1.165, 1.54) is 0 Å². The Morgan fingerprint density at radius 2 is 1.64 bits per heavy atom. The molecule has 0 rings (SSSR count). The number of hydrogen-bond acceptors (Lipinski definition) is 5. The van der Waals surface area contributed by atoms with Gasteiger partial charge in [-0.3, -0.25) is 0 Å². The molecule has 0 saturated heterocycles. The molecule has 0 aromatic carbocycles. The number of rotatable bonds is 6. The van der Waals surface area contributed by atoms with Crippen molar-refractivity contribution in [1.82, 2.24) is 5.32 Å². The summed E-state index contributed by atoms with van der Waals surface area (Å²) in [7, 11) is 0. The van der Waals surface area contributed by atoms with Crippen molar-refractivity contribution in [2.75, 3.05) is 13.1 Å². The molecule has 0 amide bonds. The second-order valence-corrected chi connectivity index (χ2v) is 2.33. The van der Waals surface area contributed by atoms with Crippen molar-refractivity contribution in [2.24, 2.45) is 5.92 Å². The van der Waals surface area contributed by atoms with Gasteiger partial charge in [-0.05, 0) is 19.5 Å². The maximum absolute atomic E-state index is 10.2. The van der Waals surface area contributed by atoms with E-state index >= 15 is 0 Å². The van der Waals surface area contributed by atoms with Crippen LogP contribution in [0, 0.1) is 5.92 Å². The van der Waals surface area contributed by atoms with E-state index in [4.69, 9.17) is 0 Å². The number of nitrogens with one attached hydrogen (secondary N) is 1. The molecule has 0 heterocycles. The molecule has 0 aliphatic carbocycles. The SMILES string of the molecule is CCNCCC(C(=O)[O-])C(=O)[O-].[Na+].[Na+]. The molecule has 0 bridgehead atoms. The van der Waals surface area contributed by atoms with Gasteiger partial charge in [-0.1, -0.05) is 6.92 Å². The van der Waals surface area contributed by atoms with E-state index in [1.54, 1.807) is 0 Å². The van der Waals surface area contributed by atoms with Gasteiger partial charge in [0.15, 0.2) is 0 Å². The number of carboxylic acid groups (broad SMARTS) is 2. The molecule has 0 aromatic heterocycles. The van der Waals surface area contributed by atoms with Crippen molar-refractivity contribution >= 4 is 11.9 Å². The van der Waals surface area contributed by atoms with Crippen molar-refractivity contribution in [3.05, 3.63) is 0 Å². The van der Waals surface area contributed by atoms with Gasteiger partial charge in [0.05, 0.1) is 11.9 Å². The Hall–Kier alpha value is 0.900. The quantitative estimate of drug-likeness (QED) is 0.272. The molecule has 0 radical (unpaired) electrons. The van der Waals surface area contributed by atoms with Crippen LogP contribution in [0.2, 0.25) is 0 Å². The molecular weight excluding hydrogens is 208 g/mol. The Bertz CT molecular complexity index is 163. The van der Waals surface area contributed by atoms with Crippen LogP contribution in [0.3, 0.4) is 0 Å². The van der Waals surface area contributed by atoms with Crippen molar-refractivity contribution < 1.29 is 78.9 Å². The van der Waals surface area contributed by atoms with Gasteiger partial charge in [-0.15, -0.1) is 0 Å². The van der Waals surface area contributed by atoms with Gasteiger partial charge >= 0.3 is 59.1 Å². The van der Waals surface area contributed by atoms with Crippen molar-refractivity contribution in [1.29, 1.82) is 0 Å². The maximum Gasteiger partial charge on any atom is 1.00 e. The Morgan fingerprint density at radius 1 is 1.21 bits per heavy atom. The first-order chi connectivity index (χ1) is 5.59. The summed E-state index contributed by atoms with van der Waals surface area (Å²) in [5.74, 6) is -4.69. The van der Waals surface area contributed by atoms with Crippen molar-refractivity contribution in [3.63, 3.8) is 0 Å². The average Bonchev–Trinajstić information content (AvgIpc) is 1.96. The van der Waals surface area contributed by atoms with E-state index in [0.29, 0.717) is 13.1 Å². The summed E-state index contributed by atoms with van der Waals surface area (Å²) < 4.78 is 0. The van der Waals surface area contributed by atoms with Gasteiger partial charge in [0.1, 0.15) is 0 Å². The first kappa shape index (κ1) is 20.3. The zero-order valence-corrected chi connectivity index (χ0v) is 12.8. The van der Waals surface area contributed by atoms with Crippen LogP contribution in [0.1, 0.15) is 13.3 Å². The second-order valence-electron chi connectivity index (χ2n) is 2.33. The first-order valence-electron chi connectivity index (χ1n) is 3.72. The van der Waals surface area contributed by atoms with E-state index in [1.807, 2.05) is 6.92 Å². The number of carbonyl (C=O) groups excluding carboxylic acids is 2. The van der Waals surface area contributed by atoms with Crippen LogP contribution in [0.15, 0.2) is 0 Å². The topological polar surface area (TPSA) is 92.3 Å². The molecular formula is C7H11NNa2O4. The van der Waals surface area contributed by atoms with Gasteiger partial charge in [0.25, 0.3) is 0 Å². The van der Waals surface area contributed by atoms with Gasteiger partial charge in [0, 0.05) is 5.92 Å². The fourth-order valence-electron chi connectivity index (χ4n) is 0.755. The number of hydrogen-bond donors (Lipinski definition) is 1. The predicted octanol–water partition coefficient (Wildman–Crippen LogP) is -8.89. The molecule has 0 fully saturated rings. The van der Waals surface area contributed by atoms with E-state index in [2.05, 4.69) is 5.32 Å². The molecule has 0 atom stereocenters. The summed E-state index contributed by atoms with van der Waals surface area (Å²) >= 11 is 0. The van der Waals surface area contributed by atoms with Gasteiger partial charge in [0.2, 0.25) is 0 Å². The third-order valence-corrected chi connectivity index (χ3v) is 1.43. The van der Waals surface area contributed by atoms with Crippen molar-refractivity contribution in [3.8, 4) is 0 Å². The first-order valence-corrected chi connectivity index (χ1v) is 3.72. The van der Waals surface area contributed by atoms with Gasteiger partial charge < -0.3 is 25.1 Å². The molecule has 0 spiro atoms. The summed E-state index contributed by atoms with van der Waals surface area (Å²) in [6.07, 6.45) is -0.00148. The van der Waals surface area contributed by atoms with Crippen molar-refractivity contribution in [2.45, 2.75) is 13.3 Å². The Labute approximate surface area is 127 Å². The molecule has 1 N–H and O–H groups in total. The third kappa shape index (κ3) is 9.45. The van der Waals surface area contributed by atoms with Crippen LogP contribution in [0.4, 0.5) is 0 Å². The molecule has 70 valence electrons. The average molecular weight is 219 g/mol. The fraction of sp³-hybridized carbons (Fsp3) is 0.714. The zero-order chi connectivity index (χ0) is 9.56. The standard InChI is InChI=1S/C7H13NO4.2Na/c1-2-8-4-3-5(6(9)10)7(11)12;;/h5,8H,2-4H2,1H3,(H,9,10)(H,11,12);;/q;2*+1/p-2. The summed E-state index contributed by atoms with van der Waals surface area (Å²) in [4.78, 5) is 20.4. The molecule has 0 saturated carbocycles. The zero-order valence-electron chi connectivity index (χ0n) is 8.83. The van der Waals surface area contributed by atoms with Crippen LogP contribution in [0.5, 0.6) is 0 Å². The van der Waals surface area contributed by atoms with Crippen LogP contribution in [-0.4, -0.2) is 25.0 Å².